The number of nitrogens with one attached hydrogen (secondary N) is 1. The van der Waals surface area contributed by atoms with E-state index >= 15 is 0 Å². The van der Waals surface area contributed by atoms with Crippen LogP contribution in [0.1, 0.15) is 12.0 Å². The number of rotatable bonds is 5. The lowest BCUT2D eigenvalue weighted by Crippen LogP contribution is -2.52. The molecular formula is C18H23N3O7. The van der Waals surface area contributed by atoms with Gasteiger partial charge >= 0.3 is 11.9 Å². The van der Waals surface area contributed by atoms with Gasteiger partial charge < -0.3 is 25.7 Å². The second-order valence-electron chi connectivity index (χ2n) is 6.61. The van der Waals surface area contributed by atoms with Crippen LogP contribution in [0.25, 0.3) is 0 Å². The van der Waals surface area contributed by atoms with E-state index < -0.39 is 29.6 Å². The molecule has 0 aromatic heterocycles. The van der Waals surface area contributed by atoms with E-state index in [0.29, 0.717) is 6.54 Å². The van der Waals surface area contributed by atoms with E-state index in [4.69, 9.17) is 20.4 Å². The summed E-state index contributed by atoms with van der Waals surface area (Å²) in [5, 5.41) is 41.8. The molecule has 3 rings (SSSR count). The second-order valence-corrected chi connectivity index (χ2v) is 6.61. The Labute approximate surface area is 161 Å². The number of piperidine rings is 1. The molecule has 0 radical (unpaired) electrons. The average Bonchev–Trinajstić information content (AvgIpc) is 2.92. The third kappa shape index (κ3) is 4.53. The minimum Gasteiger partial charge on any atom is -0.479 e. The lowest BCUT2D eigenvalue weighted by molar-refractivity contribution is -0.165. The Kier molecular flexibility index (Phi) is 6.84. The lowest BCUT2D eigenvalue weighted by Gasteiger charge is -2.33. The van der Waals surface area contributed by atoms with Gasteiger partial charge in [-0.1, -0.05) is 30.3 Å². The molecule has 1 amide bonds. The van der Waals surface area contributed by atoms with Gasteiger partial charge in [0, 0.05) is 26.6 Å². The summed E-state index contributed by atoms with van der Waals surface area (Å²) in [6, 6.07) is 10.2. The van der Waals surface area contributed by atoms with Crippen molar-refractivity contribution in [3.05, 3.63) is 35.9 Å². The molecule has 10 heteroatoms. The molecule has 0 aliphatic carbocycles. The van der Waals surface area contributed by atoms with E-state index in [1.54, 1.807) is 7.05 Å². The molecule has 0 bridgehead atoms. The molecule has 152 valence electrons. The van der Waals surface area contributed by atoms with Crippen molar-refractivity contribution >= 4 is 23.6 Å². The fraction of sp³-hybridized carbons (Fsp3) is 0.444. The predicted octanol–water partition coefficient (Wildman–Crippen LogP) is -1.09. The Hall–Kier alpha value is -2.82. The van der Waals surface area contributed by atoms with Crippen molar-refractivity contribution in [1.82, 2.24) is 10.3 Å². The Morgan fingerprint density at radius 1 is 1.18 bits per heavy atom. The van der Waals surface area contributed by atoms with Gasteiger partial charge in [0.1, 0.15) is 5.41 Å². The van der Waals surface area contributed by atoms with Crippen molar-refractivity contribution in [2.75, 3.05) is 20.1 Å². The van der Waals surface area contributed by atoms with Gasteiger partial charge in [0.25, 0.3) is 5.91 Å². The highest BCUT2D eigenvalue weighted by Gasteiger charge is 2.50. The molecule has 5 N–H and O–H groups in total. The molecule has 28 heavy (non-hydrogen) atoms. The van der Waals surface area contributed by atoms with Gasteiger partial charge in [0.2, 0.25) is 0 Å². The molecule has 2 heterocycles. The van der Waals surface area contributed by atoms with E-state index in [1.807, 2.05) is 18.2 Å². The fourth-order valence-electron chi connectivity index (χ4n) is 3.19. The minimum atomic E-state index is -2.27. The fourth-order valence-corrected chi connectivity index (χ4v) is 3.19. The molecule has 0 spiro atoms. The van der Waals surface area contributed by atoms with E-state index in [9.17, 15) is 14.4 Å². The first-order chi connectivity index (χ1) is 13.2. The number of carbonyl (C=O) groups is 3. The van der Waals surface area contributed by atoms with Gasteiger partial charge in [0.05, 0.1) is 5.71 Å². The number of carboxylic acids is 2. The Morgan fingerprint density at radius 3 is 2.29 bits per heavy atom. The highest BCUT2D eigenvalue weighted by molar-refractivity contribution is 6.13. The van der Waals surface area contributed by atoms with Crippen molar-refractivity contribution in [1.29, 1.82) is 0 Å². The number of amides is 1. The highest BCUT2D eigenvalue weighted by atomic mass is 16.4. The first-order valence-electron chi connectivity index (χ1n) is 8.61. The normalized spacial score (nSPS) is 23.0. The SMILES string of the molecule is CN1N=C2CCNCC2(Cc2ccccc2)C1=O.O=C(O)[C@H](O)[C@@H](O)C(=O)O. The summed E-state index contributed by atoms with van der Waals surface area (Å²) in [6.45, 7) is 1.61. The minimum absolute atomic E-state index is 0.119. The number of aliphatic hydroxyl groups excluding tert-OH is 2. The van der Waals surface area contributed by atoms with E-state index in [1.165, 1.54) is 10.6 Å². The Balaban J connectivity index is 0.000000242. The molecule has 2 aliphatic heterocycles. The zero-order chi connectivity index (χ0) is 20.9. The van der Waals surface area contributed by atoms with Crippen LogP contribution in [0.15, 0.2) is 35.4 Å². The zero-order valence-electron chi connectivity index (χ0n) is 15.3. The first kappa shape index (κ1) is 21.5. The molecule has 1 saturated heterocycles. The van der Waals surface area contributed by atoms with Crippen LogP contribution in [0.4, 0.5) is 0 Å². The van der Waals surface area contributed by atoms with Crippen LogP contribution in [-0.4, -0.2) is 81.3 Å². The summed E-state index contributed by atoms with van der Waals surface area (Å²) in [5.74, 6) is -3.42. The number of benzene rings is 1. The summed E-state index contributed by atoms with van der Waals surface area (Å²) in [5.41, 5.74) is 1.78. The van der Waals surface area contributed by atoms with Crippen LogP contribution >= 0.6 is 0 Å². The van der Waals surface area contributed by atoms with Gasteiger partial charge in [-0.2, -0.15) is 5.10 Å². The number of hydrazone groups is 1. The standard InChI is InChI=1S/C14H17N3O.C4H6O6/c1-17-13(18)14(9-11-5-3-2-4-6-11)10-15-8-7-12(14)16-17;5-1(3(7)8)2(6)4(9)10/h2-6,15H,7-10H2,1H3;1-2,5-6H,(H,7,8)(H,9,10)/t;1-,2-/m.1/s1. The smallest absolute Gasteiger partial charge is 0.335 e. The number of aliphatic carboxylic acids is 2. The van der Waals surface area contributed by atoms with Gasteiger partial charge in [-0.25, -0.2) is 14.6 Å². The number of carboxylic acid groups (broad SMARTS) is 2. The van der Waals surface area contributed by atoms with Crippen molar-refractivity contribution in [3.63, 3.8) is 0 Å². The lowest BCUT2D eigenvalue weighted by atomic mass is 9.74. The molecule has 1 fully saturated rings. The van der Waals surface area contributed by atoms with E-state index in [-0.39, 0.29) is 5.91 Å². The number of hydrogen-bond donors (Lipinski definition) is 5. The van der Waals surface area contributed by atoms with Crippen LogP contribution < -0.4 is 5.32 Å². The summed E-state index contributed by atoms with van der Waals surface area (Å²) in [6.07, 6.45) is -2.93. The molecule has 1 aromatic carbocycles. The van der Waals surface area contributed by atoms with Crippen molar-refractivity contribution in [3.8, 4) is 0 Å². The molecule has 1 unspecified atom stereocenters. The largest absolute Gasteiger partial charge is 0.479 e. The van der Waals surface area contributed by atoms with Gasteiger partial charge in [-0.3, -0.25) is 4.79 Å². The third-order valence-electron chi connectivity index (χ3n) is 4.65. The summed E-state index contributed by atoms with van der Waals surface area (Å²) in [4.78, 5) is 32.0. The Morgan fingerprint density at radius 2 is 1.75 bits per heavy atom. The number of nitrogens with zero attached hydrogens (tertiary/aromatic N) is 2. The Bertz CT molecular complexity index is 750. The summed E-state index contributed by atoms with van der Waals surface area (Å²) < 4.78 is 0. The van der Waals surface area contributed by atoms with E-state index in [0.717, 1.165) is 25.1 Å². The highest BCUT2D eigenvalue weighted by Crippen LogP contribution is 2.35. The number of fused-ring (bicyclic) bond motifs is 1. The maximum Gasteiger partial charge on any atom is 0.335 e. The molecule has 1 aromatic rings. The van der Waals surface area contributed by atoms with Crippen molar-refractivity contribution < 1.29 is 34.8 Å². The molecule has 0 saturated carbocycles. The van der Waals surface area contributed by atoms with Crippen LogP contribution in [0, 0.1) is 5.41 Å². The van der Waals surface area contributed by atoms with Gasteiger partial charge in [-0.05, 0) is 12.0 Å². The van der Waals surface area contributed by atoms with Crippen LogP contribution in [0.2, 0.25) is 0 Å². The maximum absolute atomic E-state index is 12.4. The van der Waals surface area contributed by atoms with Crippen LogP contribution in [0.5, 0.6) is 0 Å². The topological polar surface area (TPSA) is 160 Å². The predicted molar refractivity (Wildman–Crippen MR) is 97.6 cm³/mol. The third-order valence-corrected chi connectivity index (χ3v) is 4.65. The second kappa shape index (κ2) is 8.91. The monoisotopic (exact) mass is 393 g/mol. The average molecular weight is 393 g/mol. The van der Waals surface area contributed by atoms with Gasteiger partial charge in [-0.15, -0.1) is 0 Å². The summed E-state index contributed by atoms with van der Waals surface area (Å²) >= 11 is 0. The molecule has 3 atom stereocenters. The number of hydrogen-bond acceptors (Lipinski definition) is 7. The van der Waals surface area contributed by atoms with Crippen molar-refractivity contribution in [2.45, 2.75) is 25.0 Å². The first-order valence-corrected chi connectivity index (χ1v) is 8.61. The van der Waals surface area contributed by atoms with Crippen molar-refractivity contribution in [2.24, 2.45) is 10.5 Å². The maximum atomic E-state index is 12.4. The molecular weight excluding hydrogens is 370 g/mol. The van der Waals surface area contributed by atoms with Crippen LogP contribution in [-0.2, 0) is 20.8 Å². The van der Waals surface area contributed by atoms with Gasteiger partial charge in [0.15, 0.2) is 12.2 Å². The zero-order valence-corrected chi connectivity index (χ0v) is 15.3. The number of aliphatic hydroxyl groups is 2. The molecule has 2 aliphatic rings. The van der Waals surface area contributed by atoms with Crippen LogP contribution in [0.3, 0.4) is 0 Å². The number of carbonyl (C=O) groups excluding carboxylic acids is 1. The quantitative estimate of drug-likeness (QED) is 0.422. The van der Waals surface area contributed by atoms with E-state index in [2.05, 4.69) is 22.6 Å². The summed E-state index contributed by atoms with van der Waals surface area (Å²) in [7, 11) is 1.75. The molecule has 10 nitrogen and oxygen atoms in total.